The first-order chi connectivity index (χ1) is 8.16. The van der Waals surface area contributed by atoms with E-state index in [1.54, 1.807) is 12.1 Å². The van der Waals surface area contributed by atoms with Gasteiger partial charge in [0, 0.05) is 13.0 Å². The molecule has 8 nitrogen and oxygen atoms in total. The highest BCUT2D eigenvalue weighted by molar-refractivity contribution is 5.73. The zero-order chi connectivity index (χ0) is 12.3. The minimum absolute atomic E-state index is 0.320. The summed E-state index contributed by atoms with van der Waals surface area (Å²) >= 11 is 0. The van der Waals surface area contributed by atoms with E-state index in [4.69, 9.17) is 5.73 Å². The fraction of sp³-hybridized carbons (Fsp3) is 0.333. The molecule has 0 aliphatic rings. The number of H-pyrrole nitrogens is 1. The standard InChI is InChI=1S/C9H12N6O2/c10-6(16)2-1-5-11-7-3-4-8-12-13-9(17)15(8)14-7/h3-4H,1-2,5H2,(H2,10,16)(H,11,14)(H,13,17). The molecular formula is C9H12N6O2. The predicted molar refractivity (Wildman–Crippen MR) is 60.5 cm³/mol. The molecule has 0 saturated carbocycles. The number of nitrogens with one attached hydrogen (secondary N) is 2. The summed E-state index contributed by atoms with van der Waals surface area (Å²) < 4.78 is 1.16. The van der Waals surface area contributed by atoms with Crippen LogP contribution in [0, 0.1) is 0 Å². The van der Waals surface area contributed by atoms with Crippen molar-refractivity contribution in [3.63, 3.8) is 0 Å². The molecule has 4 N–H and O–H groups in total. The number of nitrogens with two attached hydrogens (primary N) is 1. The molecule has 0 aromatic carbocycles. The van der Waals surface area contributed by atoms with Crippen LogP contribution in [0.4, 0.5) is 5.82 Å². The number of carbonyl (C=O) groups is 1. The van der Waals surface area contributed by atoms with Crippen molar-refractivity contribution in [2.45, 2.75) is 12.8 Å². The molecule has 2 aromatic rings. The highest BCUT2D eigenvalue weighted by Gasteiger charge is 2.02. The lowest BCUT2D eigenvalue weighted by atomic mass is 10.3. The van der Waals surface area contributed by atoms with Crippen molar-refractivity contribution in [1.82, 2.24) is 19.8 Å². The summed E-state index contributed by atoms with van der Waals surface area (Å²) in [5.41, 5.74) is 5.08. The van der Waals surface area contributed by atoms with Crippen molar-refractivity contribution in [3.8, 4) is 0 Å². The summed E-state index contributed by atoms with van der Waals surface area (Å²) in [6.45, 7) is 0.564. The van der Waals surface area contributed by atoms with Gasteiger partial charge in [0.2, 0.25) is 5.91 Å². The average molecular weight is 236 g/mol. The van der Waals surface area contributed by atoms with Gasteiger partial charge in [-0.15, -0.1) is 5.10 Å². The first-order valence-electron chi connectivity index (χ1n) is 5.13. The second-order valence-electron chi connectivity index (χ2n) is 3.51. The first kappa shape index (κ1) is 11.1. The lowest BCUT2D eigenvalue weighted by Crippen LogP contribution is -2.15. The Hall–Kier alpha value is -2.38. The molecule has 90 valence electrons. The van der Waals surface area contributed by atoms with Gasteiger partial charge in [-0.2, -0.15) is 9.61 Å². The number of carbonyl (C=O) groups excluding carboxylic acids is 1. The van der Waals surface area contributed by atoms with E-state index < -0.39 is 0 Å². The van der Waals surface area contributed by atoms with Gasteiger partial charge in [-0.1, -0.05) is 0 Å². The van der Waals surface area contributed by atoms with Gasteiger partial charge >= 0.3 is 5.69 Å². The van der Waals surface area contributed by atoms with Crippen LogP contribution in [0.25, 0.3) is 5.65 Å². The van der Waals surface area contributed by atoms with Crippen molar-refractivity contribution in [2.24, 2.45) is 5.73 Å². The van der Waals surface area contributed by atoms with Crippen molar-refractivity contribution < 1.29 is 4.79 Å². The molecule has 0 radical (unpaired) electrons. The number of rotatable bonds is 5. The van der Waals surface area contributed by atoms with Crippen molar-refractivity contribution in [2.75, 3.05) is 11.9 Å². The maximum atomic E-state index is 11.2. The Morgan fingerprint density at radius 3 is 3.12 bits per heavy atom. The molecule has 0 atom stereocenters. The minimum Gasteiger partial charge on any atom is -0.370 e. The van der Waals surface area contributed by atoms with Crippen LogP contribution in [0.5, 0.6) is 0 Å². The van der Waals surface area contributed by atoms with Gasteiger partial charge in [-0.3, -0.25) is 4.79 Å². The second-order valence-corrected chi connectivity index (χ2v) is 3.51. The number of nitrogens with zero attached hydrogens (tertiary/aromatic N) is 3. The Morgan fingerprint density at radius 2 is 2.35 bits per heavy atom. The molecular weight excluding hydrogens is 224 g/mol. The Kier molecular flexibility index (Phi) is 3.03. The molecule has 2 rings (SSSR count). The minimum atomic E-state index is -0.388. The smallest absolute Gasteiger partial charge is 0.364 e. The van der Waals surface area contributed by atoms with E-state index in [1.165, 1.54) is 0 Å². The molecule has 8 heteroatoms. The Bertz CT molecular complexity index is 586. The Labute approximate surface area is 95.8 Å². The van der Waals surface area contributed by atoms with Gasteiger partial charge < -0.3 is 11.1 Å². The monoisotopic (exact) mass is 236 g/mol. The van der Waals surface area contributed by atoms with E-state index in [2.05, 4.69) is 20.6 Å². The number of hydrogen-bond donors (Lipinski definition) is 3. The van der Waals surface area contributed by atoms with Crippen LogP contribution in [-0.4, -0.2) is 32.3 Å². The highest BCUT2D eigenvalue weighted by atomic mass is 16.2. The molecule has 1 amide bonds. The third kappa shape index (κ3) is 2.60. The van der Waals surface area contributed by atoms with Gasteiger partial charge in [0.15, 0.2) is 5.65 Å². The highest BCUT2D eigenvalue weighted by Crippen LogP contribution is 2.02. The normalized spacial score (nSPS) is 10.6. The third-order valence-corrected chi connectivity index (χ3v) is 2.18. The molecule has 17 heavy (non-hydrogen) atoms. The van der Waals surface area contributed by atoms with Crippen molar-refractivity contribution >= 4 is 17.4 Å². The summed E-state index contributed by atoms with van der Waals surface area (Å²) in [5, 5.41) is 13.1. The van der Waals surface area contributed by atoms with Crippen LogP contribution >= 0.6 is 0 Å². The summed E-state index contributed by atoms with van der Waals surface area (Å²) in [7, 11) is 0. The number of primary amides is 1. The SMILES string of the molecule is NC(=O)CCCNc1ccc2n[nH]c(=O)n2n1. The van der Waals surface area contributed by atoms with Crippen LogP contribution in [0.1, 0.15) is 12.8 Å². The zero-order valence-electron chi connectivity index (χ0n) is 9.01. The van der Waals surface area contributed by atoms with Crippen LogP contribution in [-0.2, 0) is 4.79 Å². The molecule has 0 saturated heterocycles. The number of aromatic amines is 1. The van der Waals surface area contributed by atoms with E-state index in [1.807, 2.05) is 0 Å². The number of hydrogen-bond acceptors (Lipinski definition) is 5. The van der Waals surface area contributed by atoms with E-state index in [0.717, 1.165) is 4.52 Å². The fourth-order valence-electron chi connectivity index (χ4n) is 1.38. The van der Waals surface area contributed by atoms with E-state index in [0.29, 0.717) is 30.9 Å². The Balaban J connectivity index is 2.01. The van der Waals surface area contributed by atoms with Gasteiger partial charge in [0.25, 0.3) is 0 Å². The molecule has 0 fully saturated rings. The van der Waals surface area contributed by atoms with Crippen LogP contribution in [0.3, 0.4) is 0 Å². The second kappa shape index (κ2) is 4.64. The number of amides is 1. The molecule has 0 spiro atoms. The third-order valence-electron chi connectivity index (χ3n) is 2.18. The summed E-state index contributed by atoms with van der Waals surface area (Å²) in [6.07, 6.45) is 0.941. The van der Waals surface area contributed by atoms with E-state index in [-0.39, 0.29) is 11.6 Å². The molecule has 0 aliphatic carbocycles. The van der Waals surface area contributed by atoms with Gasteiger partial charge in [-0.25, -0.2) is 9.89 Å². The topological polar surface area (TPSA) is 118 Å². The number of fused-ring (bicyclic) bond motifs is 1. The van der Waals surface area contributed by atoms with Crippen LogP contribution in [0.2, 0.25) is 0 Å². The maximum Gasteiger partial charge on any atom is 0.364 e. The molecule has 2 aromatic heterocycles. The summed E-state index contributed by atoms with van der Waals surface area (Å²) in [5.74, 6) is 0.215. The van der Waals surface area contributed by atoms with E-state index in [9.17, 15) is 9.59 Å². The quantitative estimate of drug-likeness (QED) is 0.581. The van der Waals surface area contributed by atoms with Gasteiger partial charge in [0.05, 0.1) is 0 Å². The van der Waals surface area contributed by atoms with Gasteiger partial charge in [-0.05, 0) is 18.6 Å². The maximum absolute atomic E-state index is 11.2. The van der Waals surface area contributed by atoms with Crippen LogP contribution in [0.15, 0.2) is 16.9 Å². The van der Waals surface area contributed by atoms with Crippen LogP contribution < -0.4 is 16.7 Å². The largest absolute Gasteiger partial charge is 0.370 e. The number of anilines is 1. The zero-order valence-corrected chi connectivity index (χ0v) is 9.01. The molecule has 0 bridgehead atoms. The van der Waals surface area contributed by atoms with Crippen molar-refractivity contribution in [3.05, 3.63) is 22.6 Å². The predicted octanol–water partition coefficient (Wildman–Crippen LogP) is -0.905. The molecule has 0 aliphatic heterocycles. The summed E-state index contributed by atoms with van der Waals surface area (Å²) in [6, 6.07) is 3.38. The van der Waals surface area contributed by atoms with Gasteiger partial charge in [0.1, 0.15) is 5.82 Å². The Morgan fingerprint density at radius 1 is 1.53 bits per heavy atom. The molecule has 2 heterocycles. The van der Waals surface area contributed by atoms with E-state index >= 15 is 0 Å². The lowest BCUT2D eigenvalue weighted by Gasteiger charge is -2.03. The fourth-order valence-corrected chi connectivity index (χ4v) is 1.38. The lowest BCUT2D eigenvalue weighted by molar-refractivity contribution is -0.118. The number of aromatic nitrogens is 4. The average Bonchev–Trinajstić information content (AvgIpc) is 2.66. The van der Waals surface area contributed by atoms with Crippen molar-refractivity contribution in [1.29, 1.82) is 0 Å². The molecule has 0 unspecified atom stereocenters. The first-order valence-corrected chi connectivity index (χ1v) is 5.13. The summed E-state index contributed by atoms with van der Waals surface area (Å²) in [4.78, 5) is 21.8.